The van der Waals surface area contributed by atoms with Gasteiger partial charge in [-0.25, -0.2) is 32.0 Å². The van der Waals surface area contributed by atoms with Crippen molar-refractivity contribution in [1.29, 1.82) is 0 Å². The van der Waals surface area contributed by atoms with E-state index in [4.69, 9.17) is 15.2 Å². The number of amides is 1. The monoisotopic (exact) mass is 642 g/mol. The van der Waals surface area contributed by atoms with Gasteiger partial charge in [0.2, 0.25) is 11.8 Å². The van der Waals surface area contributed by atoms with E-state index in [1.807, 2.05) is 0 Å². The number of sulfonamides is 1. The molecular formula is C30H32F2N6O6S. The Morgan fingerprint density at radius 1 is 1.07 bits per heavy atom. The highest BCUT2D eigenvalue weighted by Crippen LogP contribution is 2.32. The molecule has 45 heavy (non-hydrogen) atoms. The Morgan fingerprint density at radius 3 is 2.42 bits per heavy atom. The molecule has 0 spiro atoms. The number of halogens is 2. The topological polar surface area (TPSA) is 159 Å². The number of fused-ring (bicyclic) bond motifs is 1. The number of nitrogens with two attached hydrogens (primary N) is 1. The molecule has 2 aromatic heterocycles. The molecule has 1 amide bonds. The van der Waals surface area contributed by atoms with Crippen LogP contribution in [0.15, 0.2) is 58.4 Å². The van der Waals surface area contributed by atoms with Crippen molar-refractivity contribution in [1.82, 2.24) is 19.4 Å². The lowest BCUT2D eigenvalue weighted by molar-refractivity contribution is 0.0188. The molecule has 0 aliphatic carbocycles. The minimum atomic E-state index is -4.50. The van der Waals surface area contributed by atoms with Gasteiger partial charge < -0.3 is 20.1 Å². The van der Waals surface area contributed by atoms with Crippen molar-refractivity contribution in [3.8, 4) is 17.0 Å². The molecule has 1 aliphatic rings. The first-order valence-electron chi connectivity index (χ1n) is 14.0. The first kappa shape index (κ1) is 31.6. The minimum Gasteiger partial charge on any atom is -0.480 e. The molecule has 238 valence electrons. The summed E-state index contributed by atoms with van der Waals surface area (Å²) >= 11 is 0. The van der Waals surface area contributed by atoms with Gasteiger partial charge in [-0.2, -0.15) is 0 Å². The van der Waals surface area contributed by atoms with Crippen LogP contribution in [0, 0.1) is 11.6 Å². The maximum atomic E-state index is 14.3. The Balaban J connectivity index is 1.45. The molecule has 0 saturated carbocycles. The molecule has 0 radical (unpaired) electrons. The summed E-state index contributed by atoms with van der Waals surface area (Å²) in [5, 5.41) is 0.266. The zero-order valence-corrected chi connectivity index (χ0v) is 25.8. The van der Waals surface area contributed by atoms with E-state index in [0.717, 1.165) is 12.1 Å². The first-order valence-corrected chi connectivity index (χ1v) is 15.5. The number of nitrogens with one attached hydrogen (secondary N) is 1. The van der Waals surface area contributed by atoms with Gasteiger partial charge in [0, 0.05) is 37.0 Å². The number of benzene rings is 2. The van der Waals surface area contributed by atoms with Crippen LogP contribution < -0.4 is 20.8 Å². The zero-order valence-electron chi connectivity index (χ0n) is 25.0. The summed E-state index contributed by atoms with van der Waals surface area (Å²) in [6.07, 6.45) is 1.94. The number of anilines is 2. The van der Waals surface area contributed by atoms with E-state index in [1.54, 1.807) is 43.9 Å². The van der Waals surface area contributed by atoms with Crippen molar-refractivity contribution < 1.29 is 31.5 Å². The molecule has 3 heterocycles. The van der Waals surface area contributed by atoms with Crippen LogP contribution in [0.3, 0.4) is 0 Å². The van der Waals surface area contributed by atoms with Crippen molar-refractivity contribution in [2.75, 3.05) is 30.7 Å². The van der Waals surface area contributed by atoms with Crippen LogP contribution in [0.5, 0.6) is 5.88 Å². The van der Waals surface area contributed by atoms with Crippen LogP contribution in [0.25, 0.3) is 22.0 Å². The summed E-state index contributed by atoms with van der Waals surface area (Å²) in [5.74, 6) is -2.24. The fraction of sp³-hybridized carbons (Fsp3) is 0.333. The highest BCUT2D eigenvalue weighted by atomic mass is 32.2. The van der Waals surface area contributed by atoms with Gasteiger partial charge in [0.25, 0.3) is 15.6 Å². The molecule has 0 bridgehead atoms. The van der Waals surface area contributed by atoms with E-state index in [0.29, 0.717) is 48.6 Å². The zero-order chi connectivity index (χ0) is 32.7. The van der Waals surface area contributed by atoms with E-state index in [9.17, 15) is 26.8 Å². The third-order valence-corrected chi connectivity index (χ3v) is 8.61. The van der Waals surface area contributed by atoms with Gasteiger partial charge >= 0.3 is 6.09 Å². The van der Waals surface area contributed by atoms with E-state index in [-0.39, 0.29) is 34.5 Å². The molecule has 0 unspecified atom stereocenters. The Kier molecular flexibility index (Phi) is 8.40. The molecule has 0 atom stereocenters. The number of carbonyl (C=O) groups excluding carboxylic acids is 1. The SMILES string of the molecule is COc1ncc(-c2ccc3nc(N)n(C4CCN(C(=O)OC(C)(C)C)CC4)c(=O)c3c2)cc1NS(=O)(=O)c1ccc(F)cc1F. The predicted molar refractivity (Wildman–Crippen MR) is 163 cm³/mol. The van der Waals surface area contributed by atoms with Crippen molar-refractivity contribution >= 4 is 38.7 Å². The summed E-state index contributed by atoms with van der Waals surface area (Å²) in [6.45, 7) is 6.14. The van der Waals surface area contributed by atoms with Gasteiger partial charge in [0.05, 0.1) is 18.0 Å². The summed E-state index contributed by atoms with van der Waals surface area (Å²) in [4.78, 5) is 35.7. The molecule has 4 aromatic rings. The molecule has 1 fully saturated rings. The number of nitrogen functional groups attached to an aromatic ring is 1. The summed E-state index contributed by atoms with van der Waals surface area (Å²) in [7, 11) is -3.21. The number of nitrogens with zero attached hydrogens (tertiary/aromatic N) is 4. The van der Waals surface area contributed by atoms with Crippen LogP contribution >= 0.6 is 0 Å². The number of pyridine rings is 1. The lowest BCUT2D eigenvalue weighted by Gasteiger charge is -2.34. The Morgan fingerprint density at radius 2 is 1.78 bits per heavy atom. The van der Waals surface area contributed by atoms with E-state index >= 15 is 0 Å². The normalized spacial score (nSPS) is 14.4. The smallest absolute Gasteiger partial charge is 0.410 e. The largest absolute Gasteiger partial charge is 0.480 e. The second-order valence-electron chi connectivity index (χ2n) is 11.5. The second kappa shape index (κ2) is 12.0. The number of likely N-dealkylation sites (tertiary alicyclic amines) is 1. The highest BCUT2D eigenvalue weighted by molar-refractivity contribution is 7.92. The number of carbonyl (C=O) groups is 1. The lowest BCUT2D eigenvalue weighted by Crippen LogP contribution is -2.43. The molecule has 1 aliphatic heterocycles. The van der Waals surface area contributed by atoms with Crippen molar-refractivity contribution in [2.45, 2.75) is 50.2 Å². The maximum absolute atomic E-state index is 14.3. The number of aromatic nitrogens is 3. The lowest BCUT2D eigenvalue weighted by atomic mass is 10.0. The van der Waals surface area contributed by atoms with Crippen LogP contribution in [0.1, 0.15) is 39.7 Å². The predicted octanol–water partition coefficient (Wildman–Crippen LogP) is 4.70. The molecular weight excluding hydrogens is 610 g/mol. The standard InChI is InChI=1S/C30H32F2N6O6S/c1-30(2,3)44-29(40)37-11-9-20(10-12-37)38-27(39)21-13-17(5-7-23(21)35-28(38)33)18-14-24(26(43-4)34-16-18)36-45(41,42)25-8-6-19(31)15-22(25)32/h5-8,13-16,20,36H,9-12H2,1-4H3,(H2,33,35). The summed E-state index contributed by atoms with van der Waals surface area (Å²) < 4.78 is 67.9. The highest BCUT2D eigenvalue weighted by Gasteiger charge is 2.29. The quantitative estimate of drug-likeness (QED) is 0.304. The molecule has 3 N–H and O–H groups in total. The van der Waals surface area contributed by atoms with Gasteiger partial charge in [-0.1, -0.05) is 6.07 Å². The molecule has 12 nitrogen and oxygen atoms in total. The van der Waals surface area contributed by atoms with Crippen LogP contribution in [-0.2, 0) is 14.8 Å². The van der Waals surface area contributed by atoms with Gasteiger partial charge in [-0.3, -0.25) is 14.1 Å². The third-order valence-electron chi connectivity index (χ3n) is 7.21. The van der Waals surface area contributed by atoms with Gasteiger partial charge in [0.1, 0.15) is 27.8 Å². The number of hydrogen-bond acceptors (Lipinski definition) is 9. The molecule has 1 saturated heterocycles. The molecule has 5 rings (SSSR count). The van der Waals surface area contributed by atoms with Crippen LogP contribution in [0.2, 0.25) is 0 Å². The fourth-order valence-corrected chi connectivity index (χ4v) is 6.23. The van der Waals surface area contributed by atoms with E-state index in [2.05, 4.69) is 14.7 Å². The van der Waals surface area contributed by atoms with Crippen molar-refractivity contribution in [3.63, 3.8) is 0 Å². The van der Waals surface area contributed by atoms with Crippen molar-refractivity contribution in [2.24, 2.45) is 0 Å². The first-order chi connectivity index (χ1) is 21.2. The minimum absolute atomic E-state index is 0.0480. The van der Waals surface area contributed by atoms with E-state index in [1.165, 1.54) is 23.9 Å². The Hall–Kier alpha value is -4.79. The Bertz CT molecular complexity index is 1950. The van der Waals surface area contributed by atoms with Crippen molar-refractivity contribution in [3.05, 3.63) is 70.6 Å². The average Bonchev–Trinajstić information content (AvgIpc) is 2.96. The second-order valence-corrected chi connectivity index (χ2v) is 13.2. The maximum Gasteiger partial charge on any atom is 0.410 e. The number of ether oxygens (including phenoxy) is 2. The molecule has 15 heteroatoms. The van der Waals surface area contributed by atoms with Crippen LogP contribution in [0.4, 0.5) is 25.2 Å². The fourth-order valence-electron chi connectivity index (χ4n) is 5.12. The number of rotatable bonds is 6. The van der Waals surface area contributed by atoms with Gasteiger partial charge in [-0.15, -0.1) is 0 Å². The summed E-state index contributed by atoms with van der Waals surface area (Å²) in [6, 6.07) is 8.10. The number of hydrogen-bond donors (Lipinski definition) is 2. The van der Waals surface area contributed by atoms with Crippen LogP contribution in [-0.4, -0.2) is 59.7 Å². The average molecular weight is 643 g/mol. The number of methoxy groups -OCH3 is 1. The summed E-state index contributed by atoms with van der Waals surface area (Å²) in [5.41, 5.74) is 6.40. The molecule has 2 aromatic carbocycles. The number of piperidine rings is 1. The Labute approximate surface area is 257 Å². The van der Waals surface area contributed by atoms with Gasteiger partial charge in [0.15, 0.2) is 0 Å². The van der Waals surface area contributed by atoms with Gasteiger partial charge in [-0.05, 0) is 69.5 Å². The van der Waals surface area contributed by atoms with E-state index < -0.39 is 38.2 Å². The third kappa shape index (κ3) is 6.67.